The summed E-state index contributed by atoms with van der Waals surface area (Å²) in [7, 11) is 0.0378. The minimum atomic E-state index is -3.37. The monoisotopic (exact) mass is 405 g/mol. The maximum atomic E-state index is 13.1. The van der Waals surface area contributed by atoms with Gasteiger partial charge < -0.3 is 9.42 Å². The predicted octanol–water partition coefficient (Wildman–Crippen LogP) is 2.40. The number of aromatic nitrogens is 1. The van der Waals surface area contributed by atoms with Gasteiger partial charge in [0.05, 0.1) is 11.2 Å². The Labute approximate surface area is 166 Å². The largest absolute Gasteiger partial charge is 0.361 e. The predicted molar refractivity (Wildman–Crippen MR) is 107 cm³/mol. The van der Waals surface area contributed by atoms with Crippen LogP contribution in [-0.4, -0.2) is 61.6 Å². The minimum absolute atomic E-state index is 0.0275. The van der Waals surface area contributed by atoms with Gasteiger partial charge in [0.15, 0.2) is 0 Å². The summed E-state index contributed by atoms with van der Waals surface area (Å²) < 4.78 is 31.9. The molecular formula is C20H27N3O4S. The quantitative estimate of drug-likeness (QED) is 0.737. The van der Waals surface area contributed by atoms with Crippen LogP contribution in [-0.2, 0) is 21.2 Å². The average Bonchev–Trinajstić information content (AvgIpc) is 3.16. The minimum Gasteiger partial charge on any atom is -0.361 e. The first-order valence-electron chi connectivity index (χ1n) is 9.48. The first-order chi connectivity index (χ1) is 13.3. The number of sulfonamides is 1. The summed E-state index contributed by atoms with van der Waals surface area (Å²) in [6, 6.07) is 11.5. The Morgan fingerprint density at radius 1 is 1.29 bits per heavy atom. The van der Waals surface area contributed by atoms with Crippen molar-refractivity contribution in [1.29, 1.82) is 0 Å². The van der Waals surface area contributed by atoms with Gasteiger partial charge in [0.25, 0.3) is 0 Å². The molecule has 0 N–H and O–H groups in total. The number of hydrogen-bond acceptors (Lipinski definition) is 5. The molecule has 1 aliphatic rings. The molecule has 28 heavy (non-hydrogen) atoms. The molecule has 1 fully saturated rings. The molecule has 1 aromatic heterocycles. The van der Waals surface area contributed by atoms with Crippen LogP contribution < -0.4 is 0 Å². The molecule has 1 atom stereocenters. The van der Waals surface area contributed by atoms with E-state index in [0.717, 1.165) is 5.56 Å². The van der Waals surface area contributed by atoms with Crippen LogP contribution in [0, 0.1) is 5.41 Å². The highest BCUT2D eigenvalue weighted by Gasteiger charge is 2.46. The number of nitrogens with zero attached hydrogens (tertiary/aromatic N) is 3. The summed E-state index contributed by atoms with van der Waals surface area (Å²) in [4.78, 5) is 14.6. The normalized spacial score (nSPS) is 20.8. The summed E-state index contributed by atoms with van der Waals surface area (Å²) >= 11 is 0. The average molecular weight is 406 g/mol. The molecule has 7 nitrogen and oxygen atoms in total. The Bertz CT molecular complexity index is 924. The van der Waals surface area contributed by atoms with Crippen LogP contribution in [0.3, 0.4) is 0 Å². The standard InChI is InChI=1S/C20H27N3O4S/c1-4-28(25,26)23-12-8-11-20(15-23,19(24)22(2)3)14-17-13-18(21-27-17)16-9-6-5-7-10-16/h5-7,9-10,13H,4,8,11-12,14-15H2,1-3H3/t20-/m1/s1. The van der Waals surface area contributed by atoms with E-state index in [1.54, 1.807) is 21.0 Å². The van der Waals surface area contributed by atoms with Gasteiger partial charge in [0.1, 0.15) is 11.5 Å². The van der Waals surface area contributed by atoms with Gasteiger partial charge in [0.2, 0.25) is 15.9 Å². The molecule has 0 radical (unpaired) electrons. The molecule has 1 aliphatic heterocycles. The first kappa shape index (κ1) is 20.5. The van der Waals surface area contributed by atoms with Crippen molar-refractivity contribution in [2.24, 2.45) is 5.41 Å². The maximum Gasteiger partial charge on any atom is 0.230 e. The zero-order chi connectivity index (χ0) is 20.4. The summed E-state index contributed by atoms with van der Waals surface area (Å²) in [5.41, 5.74) is 0.790. The van der Waals surface area contributed by atoms with Crippen LogP contribution in [0.4, 0.5) is 0 Å². The number of carbonyl (C=O) groups is 1. The molecule has 2 heterocycles. The van der Waals surface area contributed by atoms with Crippen molar-refractivity contribution in [2.45, 2.75) is 26.2 Å². The van der Waals surface area contributed by atoms with E-state index in [9.17, 15) is 13.2 Å². The van der Waals surface area contributed by atoms with Crippen LogP contribution in [0.1, 0.15) is 25.5 Å². The highest BCUT2D eigenvalue weighted by Crippen LogP contribution is 2.37. The fourth-order valence-corrected chi connectivity index (χ4v) is 5.07. The first-order valence-corrected chi connectivity index (χ1v) is 11.1. The van der Waals surface area contributed by atoms with Gasteiger partial charge in [-0.3, -0.25) is 4.79 Å². The summed E-state index contributed by atoms with van der Waals surface area (Å²) in [6.45, 7) is 2.24. The van der Waals surface area contributed by atoms with E-state index in [0.29, 0.717) is 37.3 Å². The lowest BCUT2D eigenvalue weighted by atomic mass is 9.75. The Morgan fingerprint density at radius 3 is 2.64 bits per heavy atom. The third kappa shape index (κ3) is 4.12. The molecular weight excluding hydrogens is 378 g/mol. The van der Waals surface area contributed by atoms with Gasteiger partial charge in [-0.1, -0.05) is 35.5 Å². The highest BCUT2D eigenvalue weighted by molar-refractivity contribution is 7.89. The molecule has 8 heteroatoms. The van der Waals surface area contributed by atoms with Crippen molar-refractivity contribution in [3.8, 4) is 11.3 Å². The van der Waals surface area contributed by atoms with Crippen LogP contribution in [0.15, 0.2) is 40.9 Å². The number of amides is 1. The molecule has 0 bridgehead atoms. The molecule has 152 valence electrons. The highest BCUT2D eigenvalue weighted by atomic mass is 32.2. The topological polar surface area (TPSA) is 83.7 Å². The lowest BCUT2D eigenvalue weighted by Gasteiger charge is -2.41. The fourth-order valence-electron chi connectivity index (χ4n) is 3.85. The van der Waals surface area contributed by atoms with Crippen molar-refractivity contribution < 1.29 is 17.7 Å². The summed E-state index contributed by atoms with van der Waals surface area (Å²) in [5.74, 6) is 0.533. The molecule has 0 aliphatic carbocycles. The van der Waals surface area contributed by atoms with Gasteiger partial charge in [-0.25, -0.2) is 12.7 Å². The van der Waals surface area contributed by atoms with E-state index >= 15 is 0 Å². The number of carbonyl (C=O) groups excluding carboxylic acids is 1. The zero-order valence-corrected chi connectivity index (χ0v) is 17.4. The van der Waals surface area contributed by atoms with Gasteiger partial charge in [0, 0.05) is 45.2 Å². The van der Waals surface area contributed by atoms with E-state index in [4.69, 9.17) is 4.52 Å². The SMILES string of the molecule is CCS(=O)(=O)N1CCC[C@](Cc2cc(-c3ccccc3)no2)(C(=O)N(C)C)C1. The Hall–Kier alpha value is -2.19. The van der Waals surface area contributed by atoms with Crippen LogP contribution >= 0.6 is 0 Å². The molecule has 0 unspecified atom stereocenters. The molecule has 1 aromatic carbocycles. The van der Waals surface area contributed by atoms with Crippen molar-refractivity contribution in [1.82, 2.24) is 14.4 Å². The number of piperidine rings is 1. The number of benzene rings is 1. The summed E-state index contributed by atoms with van der Waals surface area (Å²) in [6.07, 6.45) is 1.57. The van der Waals surface area contributed by atoms with Crippen LogP contribution in [0.5, 0.6) is 0 Å². The third-order valence-corrected chi connectivity index (χ3v) is 7.13. The van der Waals surface area contributed by atoms with E-state index in [2.05, 4.69) is 5.16 Å². The van der Waals surface area contributed by atoms with Crippen molar-refractivity contribution in [3.63, 3.8) is 0 Å². The van der Waals surface area contributed by atoms with Gasteiger partial charge >= 0.3 is 0 Å². The summed E-state index contributed by atoms with van der Waals surface area (Å²) in [5, 5.41) is 4.14. The maximum absolute atomic E-state index is 13.1. The molecule has 3 rings (SSSR count). The van der Waals surface area contributed by atoms with Crippen molar-refractivity contribution >= 4 is 15.9 Å². The third-order valence-electron chi connectivity index (χ3n) is 5.30. The van der Waals surface area contributed by atoms with E-state index < -0.39 is 15.4 Å². The fraction of sp³-hybridized carbons (Fsp3) is 0.500. The smallest absolute Gasteiger partial charge is 0.230 e. The van der Waals surface area contributed by atoms with Crippen LogP contribution in [0.2, 0.25) is 0 Å². The van der Waals surface area contributed by atoms with Gasteiger partial charge in [-0.15, -0.1) is 0 Å². The van der Waals surface area contributed by atoms with Crippen LogP contribution in [0.25, 0.3) is 11.3 Å². The lowest BCUT2D eigenvalue weighted by Crippen LogP contribution is -2.54. The second-order valence-corrected chi connectivity index (χ2v) is 9.80. The van der Waals surface area contributed by atoms with Gasteiger partial charge in [-0.2, -0.15) is 0 Å². The van der Waals surface area contributed by atoms with Crippen molar-refractivity contribution in [2.75, 3.05) is 32.9 Å². The van der Waals surface area contributed by atoms with Crippen molar-refractivity contribution in [3.05, 3.63) is 42.2 Å². The molecule has 2 aromatic rings. The zero-order valence-electron chi connectivity index (χ0n) is 16.6. The number of hydrogen-bond donors (Lipinski definition) is 0. The second-order valence-electron chi connectivity index (χ2n) is 7.54. The van der Waals surface area contributed by atoms with E-state index in [1.807, 2.05) is 36.4 Å². The molecule has 1 saturated heterocycles. The second kappa shape index (κ2) is 8.05. The molecule has 0 spiro atoms. The molecule has 1 amide bonds. The Kier molecular flexibility index (Phi) is 5.90. The molecule has 0 saturated carbocycles. The Balaban J connectivity index is 1.91. The number of rotatable bonds is 6. The lowest BCUT2D eigenvalue weighted by molar-refractivity contribution is -0.142. The Morgan fingerprint density at radius 2 is 2.00 bits per heavy atom. The van der Waals surface area contributed by atoms with Gasteiger partial charge in [-0.05, 0) is 19.8 Å². The van der Waals surface area contributed by atoms with E-state index in [-0.39, 0.29) is 18.2 Å². The van der Waals surface area contributed by atoms with E-state index in [1.165, 1.54) is 9.21 Å².